The maximum absolute atomic E-state index is 15.0. The van der Waals surface area contributed by atoms with E-state index in [1.165, 1.54) is 13.2 Å². The zero-order chi connectivity index (χ0) is 25.5. The minimum absolute atomic E-state index is 0.220. The van der Waals surface area contributed by atoms with Crippen molar-refractivity contribution in [3.05, 3.63) is 72.0 Å². The van der Waals surface area contributed by atoms with Gasteiger partial charge >= 0.3 is 5.97 Å². The Labute approximate surface area is 212 Å². The van der Waals surface area contributed by atoms with E-state index in [1.807, 2.05) is 48.5 Å². The molecule has 0 aliphatic carbocycles. The SMILES string of the molecule is COC(=O)Cc1ccc(-c2ccc(-c3nc4cc(O[C@@H]5CO[C@H]6[C@@H]5OC[C@H]6O)[nH]c4cc3F)cc2)cc1. The second kappa shape index (κ2) is 9.59. The lowest BCUT2D eigenvalue weighted by Gasteiger charge is -2.16. The molecule has 2 aliphatic rings. The molecule has 2 fully saturated rings. The van der Waals surface area contributed by atoms with Gasteiger partial charge in [-0.1, -0.05) is 48.5 Å². The van der Waals surface area contributed by atoms with Crippen molar-refractivity contribution in [3.63, 3.8) is 0 Å². The summed E-state index contributed by atoms with van der Waals surface area (Å²) in [5.41, 5.74) is 4.79. The van der Waals surface area contributed by atoms with Crippen LogP contribution in [0.5, 0.6) is 5.88 Å². The molecule has 0 saturated carbocycles. The molecule has 0 radical (unpaired) electrons. The number of aromatic nitrogens is 2. The number of carbonyl (C=O) groups is 1. The minimum Gasteiger partial charge on any atom is -0.470 e. The Bertz CT molecular complexity index is 1440. The molecule has 4 heterocycles. The third-order valence-corrected chi connectivity index (χ3v) is 6.81. The highest BCUT2D eigenvalue weighted by molar-refractivity contribution is 5.81. The van der Waals surface area contributed by atoms with Crippen molar-refractivity contribution in [1.29, 1.82) is 0 Å². The topological polar surface area (TPSA) is 103 Å². The van der Waals surface area contributed by atoms with Crippen LogP contribution in [0.25, 0.3) is 33.4 Å². The van der Waals surface area contributed by atoms with Crippen molar-refractivity contribution < 1.29 is 33.2 Å². The second-order valence-electron chi connectivity index (χ2n) is 9.23. The van der Waals surface area contributed by atoms with Crippen LogP contribution >= 0.6 is 0 Å². The van der Waals surface area contributed by atoms with Crippen LogP contribution in [0.3, 0.4) is 0 Å². The molecule has 2 N–H and O–H groups in total. The number of aromatic amines is 1. The average Bonchev–Trinajstić information content (AvgIpc) is 3.60. The highest BCUT2D eigenvalue weighted by Crippen LogP contribution is 2.32. The molecular weight excluding hydrogens is 479 g/mol. The van der Waals surface area contributed by atoms with Crippen LogP contribution in [-0.2, 0) is 25.4 Å². The Balaban J connectivity index is 1.20. The molecule has 4 aromatic rings. The smallest absolute Gasteiger partial charge is 0.309 e. The number of nitrogens with one attached hydrogen (secondary N) is 1. The quantitative estimate of drug-likeness (QED) is 0.387. The van der Waals surface area contributed by atoms with Crippen LogP contribution in [0.15, 0.2) is 60.7 Å². The van der Waals surface area contributed by atoms with Crippen LogP contribution < -0.4 is 4.74 Å². The van der Waals surface area contributed by atoms with Gasteiger partial charge in [-0.3, -0.25) is 4.79 Å². The lowest BCUT2D eigenvalue weighted by atomic mass is 10.0. The number of ether oxygens (including phenoxy) is 4. The minimum atomic E-state index is -0.656. The summed E-state index contributed by atoms with van der Waals surface area (Å²) in [6.45, 7) is 0.521. The summed E-state index contributed by atoms with van der Waals surface area (Å²) in [7, 11) is 1.37. The Morgan fingerprint density at radius 3 is 2.43 bits per heavy atom. The van der Waals surface area contributed by atoms with Gasteiger partial charge in [0.2, 0.25) is 0 Å². The number of H-pyrrole nitrogens is 1. The first-order valence-electron chi connectivity index (χ1n) is 12.0. The summed E-state index contributed by atoms with van der Waals surface area (Å²) < 4.78 is 36.9. The Hall–Kier alpha value is -3.79. The van der Waals surface area contributed by atoms with E-state index >= 15 is 4.39 Å². The fourth-order valence-corrected chi connectivity index (χ4v) is 4.85. The van der Waals surface area contributed by atoms with Crippen molar-refractivity contribution >= 4 is 17.0 Å². The van der Waals surface area contributed by atoms with Gasteiger partial charge < -0.3 is 29.0 Å². The zero-order valence-corrected chi connectivity index (χ0v) is 20.0. The molecular formula is C28H25FN2O6. The van der Waals surface area contributed by atoms with E-state index in [2.05, 4.69) is 9.97 Å². The second-order valence-corrected chi connectivity index (χ2v) is 9.23. The summed E-state index contributed by atoms with van der Waals surface area (Å²) >= 11 is 0. The van der Waals surface area contributed by atoms with Crippen LogP contribution in [-0.4, -0.2) is 65.8 Å². The lowest BCUT2D eigenvalue weighted by molar-refractivity contribution is -0.139. The predicted octanol–water partition coefficient (Wildman–Crippen LogP) is 3.66. The van der Waals surface area contributed by atoms with Gasteiger partial charge in [-0.25, -0.2) is 9.37 Å². The molecule has 2 aromatic carbocycles. The zero-order valence-electron chi connectivity index (χ0n) is 20.0. The first-order valence-corrected chi connectivity index (χ1v) is 12.0. The van der Waals surface area contributed by atoms with Crippen molar-refractivity contribution in [2.75, 3.05) is 20.3 Å². The molecule has 0 unspecified atom stereocenters. The summed E-state index contributed by atoms with van der Waals surface area (Å²) in [6, 6.07) is 18.3. The molecule has 0 bridgehead atoms. The van der Waals surface area contributed by atoms with Crippen molar-refractivity contribution in [1.82, 2.24) is 9.97 Å². The standard InChI is InChI=1S/C28H25FN2O6/c1-34-25(33)10-15-2-4-16(5-3-15)17-6-8-18(9-7-17)26-19(29)11-20-21(31-26)12-24(30-20)37-23-14-36-27-22(32)13-35-28(23)27/h2-9,11-12,22-23,27-28,30,32H,10,13-14H2,1H3/t22-,23-,27-,28-/m1/s1. The molecule has 2 saturated heterocycles. The van der Waals surface area contributed by atoms with E-state index in [4.69, 9.17) is 18.9 Å². The molecule has 0 spiro atoms. The summed E-state index contributed by atoms with van der Waals surface area (Å²) in [5.74, 6) is -0.301. The number of rotatable bonds is 6. The number of aliphatic hydroxyl groups is 1. The molecule has 190 valence electrons. The molecule has 6 rings (SSSR count). The van der Waals surface area contributed by atoms with E-state index in [9.17, 15) is 9.90 Å². The largest absolute Gasteiger partial charge is 0.470 e. The number of hydrogen-bond donors (Lipinski definition) is 2. The fraction of sp³-hybridized carbons (Fsp3) is 0.286. The molecule has 8 nitrogen and oxygen atoms in total. The van der Waals surface area contributed by atoms with E-state index < -0.39 is 18.0 Å². The van der Waals surface area contributed by atoms with E-state index in [1.54, 1.807) is 6.07 Å². The van der Waals surface area contributed by atoms with E-state index in [0.29, 0.717) is 29.1 Å². The summed E-state index contributed by atoms with van der Waals surface area (Å²) in [6.07, 6.45) is -1.54. The van der Waals surface area contributed by atoms with E-state index in [0.717, 1.165) is 16.7 Å². The summed E-state index contributed by atoms with van der Waals surface area (Å²) in [5, 5.41) is 9.92. The van der Waals surface area contributed by atoms with Crippen molar-refractivity contribution in [3.8, 4) is 28.3 Å². The van der Waals surface area contributed by atoms with Gasteiger partial charge in [-0.05, 0) is 16.7 Å². The first kappa shape index (κ1) is 23.6. The van der Waals surface area contributed by atoms with Gasteiger partial charge in [-0.15, -0.1) is 0 Å². The normalized spacial score (nSPS) is 22.8. The number of nitrogens with zero attached hydrogens (tertiary/aromatic N) is 1. The van der Waals surface area contributed by atoms with Crippen LogP contribution in [0.1, 0.15) is 5.56 Å². The number of pyridine rings is 1. The molecule has 0 amide bonds. The number of hydrogen-bond acceptors (Lipinski definition) is 7. The number of halogens is 1. The Morgan fingerprint density at radius 2 is 1.70 bits per heavy atom. The number of methoxy groups -OCH3 is 1. The van der Waals surface area contributed by atoms with Gasteiger partial charge in [0.25, 0.3) is 0 Å². The van der Waals surface area contributed by atoms with Gasteiger partial charge in [0.05, 0.1) is 37.8 Å². The molecule has 2 aromatic heterocycles. The summed E-state index contributed by atoms with van der Waals surface area (Å²) in [4.78, 5) is 19.1. The van der Waals surface area contributed by atoms with Crippen LogP contribution in [0.4, 0.5) is 4.39 Å². The number of fused-ring (bicyclic) bond motifs is 2. The highest BCUT2D eigenvalue weighted by atomic mass is 19.1. The third kappa shape index (κ3) is 4.57. The van der Waals surface area contributed by atoms with E-state index in [-0.39, 0.29) is 36.9 Å². The maximum atomic E-state index is 15.0. The van der Waals surface area contributed by atoms with Crippen molar-refractivity contribution in [2.45, 2.75) is 30.8 Å². The average molecular weight is 505 g/mol. The monoisotopic (exact) mass is 504 g/mol. The van der Waals surface area contributed by atoms with Gasteiger partial charge in [-0.2, -0.15) is 0 Å². The number of esters is 1. The fourth-order valence-electron chi connectivity index (χ4n) is 4.85. The van der Waals surface area contributed by atoms with Gasteiger partial charge in [0.15, 0.2) is 17.8 Å². The molecule has 9 heteroatoms. The Morgan fingerprint density at radius 1 is 1.03 bits per heavy atom. The van der Waals surface area contributed by atoms with Gasteiger partial charge in [0, 0.05) is 17.7 Å². The predicted molar refractivity (Wildman–Crippen MR) is 133 cm³/mol. The third-order valence-electron chi connectivity index (χ3n) is 6.81. The van der Waals surface area contributed by atoms with Crippen molar-refractivity contribution in [2.24, 2.45) is 0 Å². The molecule has 4 atom stereocenters. The number of benzene rings is 2. The number of carbonyl (C=O) groups excluding carboxylic acids is 1. The maximum Gasteiger partial charge on any atom is 0.309 e. The highest BCUT2D eigenvalue weighted by Gasteiger charge is 2.48. The molecule has 37 heavy (non-hydrogen) atoms. The first-order chi connectivity index (χ1) is 18.0. The van der Waals surface area contributed by atoms with Crippen LogP contribution in [0, 0.1) is 5.82 Å². The lowest BCUT2D eigenvalue weighted by Crippen LogP contribution is -2.34. The Kier molecular flexibility index (Phi) is 6.11. The van der Waals surface area contributed by atoms with Gasteiger partial charge in [0.1, 0.15) is 24.0 Å². The molecule has 2 aliphatic heterocycles. The number of aliphatic hydroxyl groups excluding tert-OH is 1. The van der Waals surface area contributed by atoms with Crippen LogP contribution in [0.2, 0.25) is 0 Å².